The highest BCUT2D eigenvalue weighted by molar-refractivity contribution is 9.10. The van der Waals surface area contributed by atoms with E-state index in [0.717, 1.165) is 5.69 Å². The van der Waals surface area contributed by atoms with E-state index < -0.39 is 6.36 Å². The Kier molecular flexibility index (Phi) is 4.85. The minimum Gasteiger partial charge on any atom is -0.405 e. The summed E-state index contributed by atoms with van der Waals surface area (Å²) in [5.41, 5.74) is 4.02. The van der Waals surface area contributed by atoms with Crippen molar-refractivity contribution in [1.82, 2.24) is 0 Å². The number of hydrogen-bond acceptors (Lipinski definition) is 3. The molecule has 0 fully saturated rings. The fourth-order valence-electron chi connectivity index (χ4n) is 1.50. The molecule has 0 atom stereocenters. The van der Waals surface area contributed by atoms with E-state index in [2.05, 4.69) is 31.2 Å². The molecule has 0 aliphatic carbocycles. The Morgan fingerprint density at radius 2 is 1.81 bits per heavy atom. The minimum atomic E-state index is -4.74. The summed E-state index contributed by atoms with van der Waals surface area (Å²) in [6.07, 6.45) is -3.33. The Hall–Kier alpha value is -2.02. The van der Waals surface area contributed by atoms with Gasteiger partial charge in [0.1, 0.15) is 5.75 Å². The van der Waals surface area contributed by atoms with Crippen molar-refractivity contribution in [2.24, 2.45) is 5.10 Å². The molecule has 0 heterocycles. The topological polar surface area (TPSA) is 33.6 Å². The van der Waals surface area contributed by atoms with Crippen molar-refractivity contribution in [3.63, 3.8) is 0 Å². The molecule has 0 bridgehead atoms. The third-order valence-electron chi connectivity index (χ3n) is 2.36. The summed E-state index contributed by atoms with van der Waals surface area (Å²) in [4.78, 5) is 0. The molecule has 21 heavy (non-hydrogen) atoms. The highest BCUT2D eigenvalue weighted by atomic mass is 79.9. The molecule has 2 aromatic carbocycles. The van der Waals surface area contributed by atoms with Crippen LogP contribution in [0.25, 0.3) is 0 Å². The Bertz CT molecular complexity index is 630. The third kappa shape index (κ3) is 5.11. The van der Waals surface area contributed by atoms with Gasteiger partial charge in [-0.05, 0) is 45.8 Å². The molecule has 0 saturated carbocycles. The van der Waals surface area contributed by atoms with Crippen LogP contribution in [0.2, 0.25) is 0 Å². The van der Waals surface area contributed by atoms with Gasteiger partial charge in [-0.1, -0.05) is 24.3 Å². The molecule has 0 spiro atoms. The first kappa shape index (κ1) is 15.4. The quantitative estimate of drug-likeness (QED) is 0.629. The molecule has 0 saturated heterocycles. The number of rotatable bonds is 4. The Morgan fingerprint density at radius 1 is 1.10 bits per heavy atom. The van der Waals surface area contributed by atoms with Crippen molar-refractivity contribution >= 4 is 27.8 Å². The van der Waals surface area contributed by atoms with Gasteiger partial charge in [-0.25, -0.2) is 0 Å². The van der Waals surface area contributed by atoms with E-state index in [-0.39, 0.29) is 10.2 Å². The van der Waals surface area contributed by atoms with E-state index in [1.54, 1.807) is 6.07 Å². The van der Waals surface area contributed by atoms with Crippen LogP contribution in [-0.4, -0.2) is 12.6 Å². The molecule has 1 N–H and O–H groups in total. The van der Waals surface area contributed by atoms with Crippen molar-refractivity contribution in [3.05, 3.63) is 58.6 Å². The number of nitrogens with one attached hydrogen (secondary N) is 1. The molecule has 7 heteroatoms. The summed E-state index contributed by atoms with van der Waals surface area (Å²) >= 11 is 3.00. The van der Waals surface area contributed by atoms with Gasteiger partial charge in [0.25, 0.3) is 0 Å². The van der Waals surface area contributed by atoms with Gasteiger partial charge in [-0.3, -0.25) is 5.43 Å². The number of benzene rings is 2. The van der Waals surface area contributed by atoms with E-state index in [4.69, 9.17) is 0 Å². The van der Waals surface area contributed by atoms with Crippen molar-refractivity contribution < 1.29 is 17.9 Å². The zero-order chi connectivity index (χ0) is 15.3. The average Bonchev–Trinajstić information content (AvgIpc) is 2.42. The van der Waals surface area contributed by atoms with E-state index >= 15 is 0 Å². The van der Waals surface area contributed by atoms with Gasteiger partial charge < -0.3 is 4.74 Å². The highest BCUT2D eigenvalue weighted by Crippen LogP contribution is 2.30. The van der Waals surface area contributed by atoms with Crippen LogP contribution >= 0.6 is 15.9 Å². The molecule has 0 aromatic heterocycles. The number of nitrogens with zero attached hydrogens (tertiary/aromatic N) is 1. The molecule has 2 aromatic rings. The first-order valence-electron chi connectivity index (χ1n) is 5.83. The van der Waals surface area contributed by atoms with Crippen molar-refractivity contribution in [2.75, 3.05) is 5.43 Å². The third-order valence-corrected chi connectivity index (χ3v) is 3.02. The largest absolute Gasteiger partial charge is 0.573 e. The summed E-state index contributed by atoms with van der Waals surface area (Å²) in [6.45, 7) is 0. The molecule has 0 aliphatic rings. The molecule has 0 aliphatic heterocycles. The smallest absolute Gasteiger partial charge is 0.405 e. The van der Waals surface area contributed by atoms with Crippen LogP contribution in [0, 0.1) is 0 Å². The van der Waals surface area contributed by atoms with Crippen LogP contribution in [-0.2, 0) is 0 Å². The SMILES string of the molecule is FC(F)(F)Oc1cc(C=NNc2ccccc2)ccc1Br. The van der Waals surface area contributed by atoms with Crippen LogP contribution in [0.15, 0.2) is 58.1 Å². The molecule has 0 unspecified atom stereocenters. The van der Waals surface area contributed by atoms with Gasteiger partial charge in [0, 0.05) is 0 Å². The van der Waals surface area contributed by atoms with E-state index in [9.17, 15) is 13.2 Å². The number of para-hydroxylation sites is 1. The Balaban J connectivity index is 2.08. The highest BCUT2D eigenvalue weighted by Gasteiger charge is 2.31. The first-order chi connectivity index (χ1) is 9.94. The molecular formula is C14H10BrF3N2O. The molecule has 0 radical (unpaired) electrons. The van der Waals surface area contributed by atoms with Crippen LogP contribution in [0.1, 0.15) is 5.56 Å². The minimum absolute atomic E-state index is 0.216. The lowest BCUT2D eigenvalue weighted by Crippen LogP contribution is -2.17. The lowest BCUT2D eigenvalue weighted by Gasteiger charge is -2.10. The molecule has 2 rings (SSSR count). The lowest BCUT2D eigenvalue weighted by atomic mass is 10.2. The maximum atomic E-state index is 12.2. The molecular weight excluding hydrogens is 349 g/mol. The maximum absolute atomic E-state index is 12.2. The van der Waals surface area contributed by atoms with E-state index in [1.807, 2.05) is 30.3 Å². The monoisotopic (exact) mass is 358 g/mol. The number of hydrazone groups is 1. The van der Waals surface area contributed by atoms with Crippen LogP contribution < -0.4 is 10.2 Å². The molecule has 110 valence electrons. The molecule has 0 amide bonds. The normalized spacial score (nSPS) is 11.6. The van der Waals surface area contributed by atoms with E-state index in [1.165, 1.54) is 18.3 Å². The second-order valence-corrected chi connectivity index (χ2v) is 4.83. The van der Waals surface area contributed by atoms with Crippen molar-refractivity contribution in [2.45, 2.75) is 6.36 Å². The summed E-state index contributed by atoms with van der Waals surface area (Å²) in [5.74, 6) is -0.314. The number of hydrogen-bond donors (Lipinski definition) is 1. The standard InChI is InChI=1S/C14H10BrF3N2O/c15-12-7-6-10(8-13(12)21-14(16,17)18)9-19-20-11-4-2-1-3-5-11/h1-9,20H. The zero-order valence-corrected chi connectivity index (χ0v) is 12.1. The number of alkyl halides is 3. The number of ether oxygens (including phenoxy) is 1. The van der Waals surface area contributed by atoms with Crippen LogP contribution in [0.5, 0.6) is 5.75 Å². The van der Waals surface area contributed by atoms with Crippen molar-refractivity contribution in [3.8, 4) is 5.75 Å². The fraction of sp³-hybridized carbons (Fsp3) is 0.0714. The van der Waals surface area contributed by atoms with Gasteiger partial charge in [0.2, 0.25) is 0 Å². The summed E-state index contributed by atoms with van der Waals surface area (Å²) < 4.78 is 40.8. The summed E-state index contributed by atoms with van der Waals surface area (Å²) in [5, 5.41) is 3.95. The van der Waals surface area contributed by atoms with Gasteiger partial charge >= 0.3 is 6.36 Å². The lowest BCUT2D eigenvalue weighted by molar-refractivity contribution is -0.274. The number of anilines is 1. The van der Waals surface area contributed by atoms with Crippen LogP contribution in [0.3, 0.4) is 0 Å². The fourth-order valence-corrected chi connectivity index (χ4v) is 1.82. The average molecular weight is 359 g/mol. The molecule has 3 nitrogen and oxygen atoms in total. The Morgan fingerprint density at radius 3 is 2.48 bits per heavy atom. The first-order valence-corrected chi connectivity index (χ1v) is 6.63. The Labute approximate surface area is 127 Å². The predicted octanol–water partition coefficient (Wildman–Crippen LogP) is 4.79. The van der Waals surface area contributed by atoms with Gasteiger partial charge in [-0.15, -0.1) is 13.2 Å². The van der Waals surface area contributed by atoms with Gasteiger partial charge in [-0.2, -0.15) is 5.10 Å². The van der Waals surface area contributed by atoms with Gasteiger partial charge in [0.05, 0.1) is 16.4 Å². The number of halogens is 4. The van der Waals surface area contributed by atoms with Gasteiger partial charge in [0.15, 0.2) is 0 Å². The second kappa shape index (κ2) is 6.62. The van der Waals surface area contributed by atoms with E-state index in [0.29, 0.717) is 5.56 Å². The van der Waals surface area contributed by atoms with Crippen molar-refractivity contribution in [1.29, 1.82) is 0 Å². The summed E-state index contributed by atoms with van der Waals surface area (Å²) in [7, 11) is 0. The maximum Gasteiger partial charge on any atom is 0.573 e. The predicted molar refractivity (Wildman–Crippen MR) is 78.5 cm³/mol. The summed E-state index contributed by atoms with van der Waals surface area (Å²) in [6, 6.07) is 13.5. The van der Waals surface area contributed by atoms with Crippen LogP contribution in [0.4, 0.5) is 18.9 Å². The zero-order valence-electron chi connectivity index (χ0n) is 10.6. The second-order valence-electron chi connectivity index (χ2n) is 3.97.